The molecule has 10 rings (SSSR count). The second-order valence-electron chi connectivity index (χ2n) is 15.8. The Balaban J connectivity index is 1.13. The van der Waals surface area contributed by atoms with Crippen molar-refractivity contribution in [1.82, 2.24) is 0 Å². The summed E-state index contributed by atoms with van der Waals surface area (Å²) >= 11 is 0. The first-order valence-electron chi connectivity index (χ1n) is 19.7. The van der Waals surface area contributed by atoms with E-state index in [1.54, 1.807) is 48.5 Å². The maximum Gasteiger partial charge on any atom is 0.238 e. The number of amides is 2. The number of hydrogen-bond acceptors (Lipinski definition) is 6. The van der Waals surface area contributed by atoms with Crippen LogP contribution in [-0.2, 0) is 24.6 Å². The number of aromatic hydroxyl groups is 1. The highest BCUT2D eigenvalue weighted by atomic mass is 16.3. The number of carbonyl (C=O) groups is 5. The molecular formula is C51H37NO6. The maximum atomic E-state index is 15.4. The molecule has 6 atom stereocenters. The number of carbonyl (C=O) groups excluding carboxylic acids is 5. The standard InChI is InChI=1S/C51H37NO6/c53-43-29-40(30-12-4-1-5-13-30)48(56)42-28-41-37(45(51(42,43)34-17-8-3-9-18-34)39-25-22-31-14-10-11-19-36(31)47(39)55)26-27-38-44(41)50(58)52(49(38)57)35-23-20-33(21-24-35)46(54)32-15-6-2-7-16-32/h1-26,29,38,41-42,44-45,55H,27-28H2. The molecule has 2 fully saturated rings. The molecule has 1 saturated heterocycles. The molecule has 2 amide bonds. The van der Waals surface area contributed by atoms with E-state index in [0.717, 1.165) is 11.0 Å². The molecule has 58 heavy (non-hydrogen) atoms. The van der Waals surface area contributed by atoms with E-state index in [-0.39, 0.29) is 47.8 Å². The lowest BCUT2D eigenvalue weighted by Gasteiger charge is -2.55. The van der Waals surface area contributed by atoms with Crippen LogP contribution < -0.4 is 4.90 Å². The van der Waals surface area contributed by atoms with Crippen LogP contribution in [0.4, 0.5) is 5.69 Å². The molecule has 4 aliphatic rings. The molecule has 1 N–H and O–H groups in total. The second kappa shape index (κ2) is 13.6. The number of phenols is 1. The number of phenolic OH excluding ortho intramolecular Hbond substituents is 1. The van der Waals surface area contributed by atoms with Crippen molar-refractivity contribution in [2.75, 3.05) is 4.90 Å². The SMILES string of the molecule is O=C(c1ccccc1)c1ccc(N2C(=O)C3CC=C4C(CC5C(=O)C(c6ccccc6)=CC(=O)C5(c5ccccc5)C4c4ccc5ccccc5c4O)C3C2=O)cc1. The molecule has 0 bridgehead atoms. The van der Waals surface area contributed by atoms with Gasteiger partial charge in [0.15, 0.2) is 17.3 Å². The number of fused-ring (bicyclic) bond motifs is 5. The second-order valence-corrected chi connectivity index (χ2v) is 15.8. The average Bonchev–Trinajstić information content (AvgIpc) is 3.53. The molecule has 6 aromatic carbocycles. The third-order valence-electron chi connectivity index (χ3n) is 13.0. The quantitative estimate of drug-likeness (QED) is 0.103. The predicted octanol–water partition coefficient (Wildman–Crippen LogP) is 8.81. The van der Waals surface area contributed by atoms with Gasteiger partial charge in [0.2, 0.25) is 11.8 Å². The number of nitrogens with zero attached hydrogens (tertiary/aromatic N) is 1. The first kappa shape index (κ1) is 35.4. The summed E-state index contributed by atoms with van der Waals surface area (Å²) in [5.41, 5.74) is 2.73. The van der Waals surface area contributed by atoms with Gasteiger partial charge in [-0.1, -0.05) is 139 Å². The third kappa shape index (κ3) is 5.16. The van der Waals surface area contributed by atoms with Gasteiger partial charge in [0.05, 0.1) is 22.9 Å². The summed E-state index contributed by atoms with van der Waals surface area (Å²) in [6.07, 6.45) is 3.88. The maximum absolute atomic E-state index is 15.4. The van der Waals surface area contributed by atoms with Gasteiger partial charge >= 0.3 is 0 Å². The van der Waals surface area contributed by atoms with Gasteiger partial charge in [-0.05, 0) is 65.6 Å². The van der Waals surface area contributed by atoms with Crippen molar-refractivity contribution < 1.29 is 29.1 Å². The van der Waals surface area contributed by atoms with Crippen LogP contribution in [0.3, 0.4) is 0 Å². The van der Waals surface area contributed by atoms with Gasteiger partial charge in [0.1, 0.15) is 5.75 Å². The number of ketones is 3. The average molecular weight is 760 g/mol. The topological polar surface area (TPSA) is 109 Å². The molecular weight excluding hydrogens is 723 g/mol. The van der Waals surface area contributed by atoms with Crippen molar-refractivity contribution >= 4 is 51.2 Å². The summed E-state index contributed by atoms with van der Waals surface area (Å²) in [5.74, 6) is -5.21. The number of Topliss-reactive ketones (excluding diaryl/α,β-unsaturated/α-hetero) is 1. The Morgan fingerprint density at radius 2 is 1.29 bits per heavy atom. The summed E-state index contributed by atoms with van der Waals surface area (Å²) in [5, 5.41) is 13.7. The summed E-state index contributed by atoms with van der Waals surface area (Å²) in [4.78, 5) is 74.3. The van der Waals surface area contributed by atoms with Crippen molar-refractivity contribution in [3.63, 3.8) is 0 Å². The van der Waals surface area contributed by atoms with Crippen LogP contribution in [0.25, 0.3) is 16.3 Å². The Bertz CT molecular complexity index is 2760. The van der Waals surface area contributed by atoms with E-state index >= 15 is 9.59 Å². The van der Waals surface area contributed by atoms with Gasteiger partial charge in [-0.3, -0.25) is 28.9 Å². The van der Waals surface area contributed by atoms with Gasteiger partial charge in [-0.2, -0.15) is 0 Å². The number of allylic oxidation sites excluding steroid dienone is 4. The minimum atomic E-state index is -1.46. The first-order valence-corrected chi connectivity index (χ1v) is 19.7. The Kier molecular flexibility index (Phi) is 8.30. The zero-order valence-corrected chi connectivity index (χ0v) is 31.3. The molecule has 6 unspecified atom stereocenters. The minimum absolute atomic E-state index is 0.0134. The van der Waals surface area contributed by atoms with Gasteiger partial charge in [0.25, 0.3) is 0 Å². The largest absolute Gasteiger partial charge is 0.507 e. The Labute approximate surface area is 335 Å². The number of hydrogen-bond donors (Lipinski definition) is 1. The van der Waals surface area contributed by atoms with Crippen molar-refractivity contribution in [2.45, 2.75) is 24.2 Å². The molecule has 1 saturated carbocycles. The van der Waals surface area contributed by atoms with Crippen LogP contribution in [0.5, 0.6) is 5.75 Å². The highest BCUT2D eigenvalue weighted by Gasteiger charge is 2.66. The Morgan fingerprint density at radius 1 is 0.655 bits per heavy atom. The summed E-state index contributed by atoms with van der Waals surface area (Å²) in [7, 11) is 0. The molecule has 282 valence electrons. The lowest BCUT2D eigenvalue weighted by molar-refractivity contribution is -0.135. The summed E-state index contributed by atoms with van der Waals surface area (Å²) in [6.45, 7) is 0. The molecule has 7 nitrogen and oxygen atoms in total. The first-order chi connectivity index (χ1) is 28.3. The predicted molar refractivity (Wildman–Crippen MR) is 221 cm³/mol. The molecule has 6 aromatic rings. The Hall–Kier alpha value is -6.99. The van der Waals surface area contributed by atoms with Crippen molar-refractivity contribution in [3.8, 4) is 5.75 Å². The molecule has 1 heterocycles. The lowest BCUT2D eigenvalue weighted by atomic mass is 9.44. The van der Waals surface area contributed by atoms with E-state index in [4.69, 9.17) is 0 Å². The fraction of sp³-hybridized carbons (Fsp3) is 0.157. The smallest absolute Gasteiger partial charge is 0.238 e. The zero-order chi connectivity index (χ0) is 39.7. The fourth-order valence-electron chi connectivity index (χ4n) is 10.5. The fourth-order valence-corrected chi connectivity index (χ4v) is 10.5. The van der Waals surface area contributed by atoms with E-state index in [0.29, 0.717) is 44.5 Å². The number of benzene rings is 6. The molecule has 0 aromatic heterocycles. The van der Waals surface area contributed by atoms with Gasteiger partial charge < -0.3 is 5.11 Å². The highest BCUT2D eigenvalue weighted by Crippen LogP contribution is 2.64. The van der Waals surface area contributed by atoms with Crippen LogP contribution in [0.1, 0.15) is 51.4 Å². The van der Waals surface area contributed by atoms with E-state index in [9.17, 15) is 19.5 Å². The molecule has 0 radical (unpaired) electrons. The highest BCUT2D eigenvalue weighted by molar-refractivity contribution is 6.32. The van der Waals surface area contributed by atoms with Crippen molar-refractivity contribution in [2.24, 2.45) is 23.7 Å². The lowest BCUT2D eigenvalue weighted by Crippen LogP contribution is -2.58. The summed E-state index contributed by atoms with van der Waals surface area (Å²) < 4.78 is 0. The third-order valence-corrected chi connectivity index (χ3v) is 13.0. The van der Waals surface area contributed by atoms with Crippen molar-refractivity contribution in [1.29, 1.82) is 0 Å². The minimum Gasteiger partial charge on any atom is -0.507 e. The zero-order valence-electron chi connectivity index (χ0n) is 31.3. The van der Waals surface area contributed by atoms with Crippen LogP contribution >= 0.6 is 0 Å². The van der Waals surface area contributed by atoms with E-state index in [2.05, 4.69) is 0 Å². The van der Waals surface area contributed by atoms with E-state index in [1.807, 2.05) is 109 Å². The normalized spacial score (nSPS) is 25.1. The molecule has 0 spiro atoms. The van der Waals surface area contributed by atoms with Crippen molar-refractivity contribution in [3.05, 3.63) is 197 Å². The van der Waals surface area contributed by atoms with Crippen LogP contribution in [-0.4, -0.2) is 34.3 Å². The molecule has 7 heteroatoms. The molecule has 1 aliphatic heterocycles. The van der Waals surface area contributed by atoms with E-state index in [1.165, 1.54) is 11.0 Å². The van der Waals surface area contributed by atoms with Gasteiger partial charge in [-0.25, -0.2) is 0 Å². The van der Waals surface area contributed by atoms with Crippen LogP contribution in [0.15, 0.2) is 169 Å². The van der Waals surface area contributed by atoms with Crippen LogP contribution in [0.2, 0.25) is 0 Å². The number of anilines is 1. The number of rotatable bonds is 6. The number of imide groups is 1. The van der Waals surface area contributed by atoms with Gasteiger partial charge in [-0.15, -0.1) is 0 Å². The summed E-state index contributed by atoms with van der Waals surface area (Å²) in [6, 6.07) is 45.2. The molecule has 3 aliphatic carbocycles. The van der Waals surface area contributed by atoms with E-state index < -0.39 is 35.0 Å². The Morgan fingerprint density at radius 3 is 2.02 bits per heavy atom. The van der Waals surface area contributed by atoms with Crippen LogP contribution in [0, 0.1) is 23.7 Å². The monoisotopic (exact) mass is 759 g/mol. The van der Waals surface area contributed by atoms with Gasteiger partial charge in [0, 0.05) is 39.5 Å².